The molecule has 0 unspecified atom stereocenters. The third-order valence-electron chi connectivity index (χ3n) is 2.55. The van der Waals surface area contributed by atoms with Gasteiger partial charge in [0.15, 0.2) is 0 Å². The molecular formula is C11H18O3. The van der Waals surface area contributed by atoms with Gasteiger partial charge in [-0.3, -0.25) is 9.59 Å². The van der Waals surface area contributed by atoms with Gasteiger partial charge in [-0.05, 0) is 6.42 Å². The first kappa shape index (κ1) is 11.2. The molecule has 0 aromatic rings. The number of hydrogen-bond acceptors (Lipinski definition) is 3. The molecule has 0 bridgehead atoms. The van der Waals surface area contributed by atoms with Crippen molar-refractivity contribution in [2.24, 2.45) is 11.3 Å². The molecule has 1 aliphatic heterocycles. The Morgan fingerprint density at radius 2 is 2.07 bits per heavy atom. The topological polar surface area (TPSA) is 43.4 Å². The van der Waals surface area contributed by atoms with Crippen LogP contribution < -0.4 is 0 Å². The predicted molar refractivity (Wildman–Crippen MR) is 52.7 cm³/mol. The van der Waals surface area contributed by atoms with E-state index in [0.717, 1.165) is 0 Å². The molecular weight excluding hydrogens is 180 g/mol. The molecule has 2 atom stereocenters. The highest BCUT2D eigenvalue weighted by Gasteiger charge is 2.34. The van der Waals surface area contributed by atoms with Gasteiger partial charge >= 0.3 is 5.97 Å². The van der Waals surface area contributed by atoms with Crippen LogP contribution in [0.5, 0.6) is 0 Å². The van der Waals surface area contributed by atoms with Crippen LogP contribution in [0.2, 0.25) is 0 Å². The summed E-state index contributed by atoms with van der Waals surface area (Å²) in [7, 11) is 0. The largest absolute Gasteiger partial charge is 0.462 e. The Hall–Kier alpha value is -0.860. The van der Waals surface area contributed by atoms with Crippen LogP contribution in [0.25, 0.3) is 0 Å². The fourth-order valence-corrected chi connectivity index (χ4v) is 1.46. The summed E-state index contributed by atoms with van der Waals surface area (Å²) in [6.45, 7) is 7.49. The zero-order valence-electron chi connectivity index (χ0n) is 9.29. The molecule has 1 heterocycles. The van der Waals surface area contributed by atoms with Crippen molar-refractivity contribution in [1.29, 1.82) is 0 Å². The lowest BCUT2D eigenvalue weighted by Gasteiger charge is -2.18. The number of ketones is 1. The number of hydrogen-bond donors (Lipinski definition) is 0. The molecule has 3 heteroatoms. The van der Waals surface area contributed by atoms with E-state index in [9.17, 15) is 9.59 Å². The van der Waals surface area contributed by atoms with Crippen LogP contribution in [-0.2, 0) is 14.3 Å². The third kappa shape index (κ3) is 2.56. The Bertz CT molecular complexity index is 250. The molecule has 14 heavy (non-hydrogen) atoms. The van der Waals surface area contributed by atoms with Crippen LogP contribution >= 0.6 is 0 Å². The Balaban J connectivity index is 2.48. The molecule has 1 rings (SSSR count). The Labute approximate surface area is 84.8 Å². The molecule has 1 aliphatic rings. The number of Topliss-reactive ketones (excluding diaryl/α,β-unsaturated/α-hetero) is 1. The standard InChI is InChI=1S/C11H18O3/c1-7-5-8(14-10(7)13)6-9(12)11(2,3)4/h7-8H,5-6H2,1-4H3/t7-,8-/m0/s1. The summed E-state index contributed by atoms with van der Waals surface area (Å²) in [4.78, 5) is 22.7. The van der Waals surface area contributed by atoms with Gasteiger partial charge < -0.3 is 4.74 Å². The first-order chi connectivity index (χ1) is 6.30. The lowest BCUT2D eigenvalue weighted by atomic mass is 9.87. The summed E-state index contributed by atoms with van der Waals surface area (Å²) >= 11 is 0. The smallest absolute Gasteiger partial charge is 0.309 e. The van der Waals surface area contributed by atoms with Crippen molar-refractivity contribution in [3.05, 3.63) is 0 Å². The Kier molecular flexibility index (Phi) is 2.98. The number of cyclic esters (lactones) is 1. The molecule has 0 aromatic heterocycles. The molecule has 0 aromatic carbocycles. The van der Waals surface area contributed by atoms with E-state index >= 15 is 0 Å². The number of rotatable bonds is 2. The monoisotopic (exact) mass is 198 g/mol. The average molecular weight is 198 g/mol. The maximum Gasteiger partial charge on any atom is 0.309 e. The fourth-order valence-electron chi connectivity index (χ4n) is 1.46. The zero-order chi connectivity index (χ0) is 10.9. The van der Waals surface area contributed by atoms with Crippen LogP contribution in [0.15, 0.2) is 0 Å². The molecule has 80 valence electrons. The van der Waals surface area contributed by atoms with E-state index < -0.39 is 0 Å². The number of esters is 1. The summed E-state index contributed by atoms with van der Waals surface area (Å²) in [5, 5.41) is 0. The SMILES string of the molecule is C[C@H]1C[C@@H](CC(=O)C(C)(C)C)OC1=O. The van der Waals surface area contributed by atoms with Gasteiger partial charge in [0.05, 0.1) is 5.92 Å². The molecule has 0 spiro atoms. The molecule has 1 saturated heterocycles. The van der Waals surface area contributed by atoms with Gasteiger partial charge in [0.2, 0.25) is 0 Å². The van der Waals surface area contributed by atoms with Crippen LogP contribution in [0.4, 0.5) is 0 Å². The molecule has 0 N–H and O–H groups in total. The highest BCUT2D eigenvalue weighted by molar-refractivity contribution is 5.85. The molecule has 0 radical (unpaired) electrons. The summed E-state index contributed by atoms with van der Waals surface area (Å²) in [6.07, 6.45) is 0.851. The van der Waals surface area contributed by atoms with Crippen LogP contribution in [-0.4, -0.2) is 17.9 Å². The molecule has 0 amide bonds. The van der Waals surface area contributed by atoms with Gasteiger partial charge in [-0.1, -0.05) is 27.7 Å². The molecule has 1 fully saturated rings. The van der Waals surface area contributed by atoms with Gasteiger partial charge in [0.1, 0.15) is 11.9 Å². The van der Waals surface area contributed by atoms with Crippen molar-refractivity contribution in [2.45, 2.75) is 46.6 Å². The van der Waals surface area contributed by atoms with Gasteiger partial charge in [0.25, 0.3) is 0 Å². The highest BCUT2D eigenvalue weighted by atomic mass is 16.5. The van der Waals surface area contributed by atoms with E-state index in [4.69, 9.17) is 4.74 Å². The minimum atomic E-state index is -0.335. The van der Waals surface area contributed by atoms with Gasteiger partial charge in [-0.25, -0.2) is 0 Å². The second-order valence-electron chi connectivity index (χ2n) is 5.07. The van der Waals surface area contributed by atoms with E-state index in [1.807, 2.05) is 27.7 Å². The minimum absolute atomic E-state index is 0.0484. The molecule has 3 nitrogen and oxygen atoms in total. The van der Waals surface area contributed by atoms with Crippen molar-refractivity contribution in [3.63, 3.8) is 0 Å². The Morgan fingerprint density at radius 3 is 2.43 bits per heavy atom. The van der Waals surface area contributed by atoms with E-state index in [-0.39, 0.29) is 29.2 Å². The fraction of sp³-hybridized carbons (Fsp3) is 0.818. The van der Waals surface area contributed by atoms with Crippen molar-refractivity contribution >= 4 is 11.8 Å². The lowest BCUT2D eigenvalue weighted by molar-refractivity contribution is -0.145. The summed E-state index contributed by atoms with van der Waals surface area (Å²) in [5.74, 6) is -0.0612. The maximum absolute atomic E-state index is 11.6. The normalized spacial score (nSPS) is 27.6. The van der Waals surface area contributed by atoms with Crippen molar-refractivity contribution in [3.8, 4) is 0 Å². The first-order valence-corrected chi connectivity index (χ1v) is 5.04. The first-order valence-electron chi connectivity index (χ1n) is 5.04. The van der Waals surface area contributed by atoms with Gasteiger partial charge in [-0.15, -0.1) is 0 Å². The highest BCUT2D eigenvalue weighted by Crippen LogP contribution is 2.26. The zero-order valence-corrected chi connectivity index (χ0v) is 9.29. The predicted octanol–water partition coefficient (Wildman–Crippen LogP) is 1.94. The summed E-state index contributed by atoms with van der Waals surface area (Å²) in [5.41, 5.74) is -0.335. The van der Waals surface area contributed by atoms with Crippen LogP contribution in [0.3, 0.4) is 0 Å². The summed E-state index contributed by atoms with van der Waals surface area (Å²) < 4.78 is 5.08. The van der Waals surface area contributed by atoms with E-state index in [1.165, 1.54) is 0 Å². The number of carbonyl (C=O) groups is 2. The number of ether oxygens (including phenoxy) is 1. The maximum atomic E-state index is 11.6. The van der Waals surface area contributed by atoms with E-state index in [0.29, 0.717) is 12.8 Å². The van der Waals surface area contributed by atoms with Crippen molar-refractivity contribution < 1.29 is 14.3 Å². The summed E-state index contributed by atoms with van der Waals surface area (Å²) in [6, 6.07) is 0. The quantitative estimate of drug-likeness (QED) is 0.637. The van der Waals surface area contributed by atoms with Crippen LogP contribution in [0, 0.1) is 11.3 Å². The third-order valence-corrected chi connectivity index (χ3v) is 2.55. The Morgan fingerprint density at radius 1 is 1.50 bits per heavy atom. The van der Waals surface area contributed by atoms with Gasteiger partial charge in [-0.2, -0.15) is 0 Å². The second-order valence-corrected chi connectivity index (χ2v) is 5.07. The van der Waals surface area contributed by atoms with Gasteiger partial charge in [0, 0.05) is 11.8 Å². The van der Waals surface area contributed by atoms with E-state index in [1.54, 1.807) is 0 Å². The average Bonchev–Trinajstić information content (AvgIpc) is 2.29. The van der Waals surface area contributed by atoms with Crippen molar-refractivity contribution in [1.82, 2.24) is 0 Å². The van der Waals surface area contributed by atoms with E-state index in [2.05, 4.69) is 0 Å². The number of carbonyl (C=O) groups excluding carboxylic acids is 2. The molecule has 0 aliphatic carbocycles. The van der Waals surface area contributed by atoms with Crippen LogP contribution in [0.1, 0.15) is 40.5 Å². The van der Waals surface area contributed by atoms with Crippen molar-refractivity contribution in [2.75, 3.05) is 0 Å². The molecule has 0 saturated carbocycles. The second kappa shape index (κ2) is 3.71. The minimum Gasteiger partial charge on any atom is -0.462 e. The lowest BCUT2D eigenvalue weighted by Crippen LogP contribution is -2.25.